The fourth-order valence-corrected chi connectivity index (χ4v) is 3.36. The number of allylic oxidation sites excluding steroid dienone is 4. The van der Waals surface area contributed by atoms with Gasteiger partial charge in [-0.15, -0.1) is 0 Å². The molecule has 182 valence electrons. The molecule has 1 aromatic heterocycles. The molecule has 1 aromatic carbocycles. The Kier molecular flexibility index (Phi) is 10.8. The van der Waals surface area contributed by atoms with Crippen LogP contribution in [0.25, 0.3) is 11.1 Å². The molecule has 1 heterocycles. The van der Waals surface area contributed by atoms with Crippen LogP contribution >= 0.6 is 11.6 Å². The summed E-state index contributed by atoms with van der Waals surface area (Å²) in [7, 11) is 0. The molecule has 2 rings (SSSR count). The maximum absolute atomic E-state index is 14.1. The van der Waals surface area contributed by atoms with Gasteiger partial charge >= 0.3 is 0 Å². The summed E-state index contributed by atoms with van der Waals surface area (Å²) in [5.41, 5.74) is 4.30. The van der Waals surface area contributed by atoms with Gasteiger partial charge in [0.1, 0.15) is 11.6 Å². The van der Waals surface area contributed by atoms with Crippen LogP contribution in [0.4, 0.5) is 4.39 Å². The normalized spacial score (nSPS) is 12.7. The lowest BCUT2D eigenvalue weighted by Gasteiger charge is -2.23. The molecule has 0 spiro atoms. The predicted octanol–water partition coefficient (Wildman–Crippen LogP) is 9.95. The van der Waals surface area contributed by atoms with Gasteiger partial charge in [0.15, 0.2) is 5.76 Å². The molecule has 0 bridgehead atoms. The maximum atomic E-state index is 14.1. The summed E-state index contributed by atoms with van der Waals surface area (Å²) in [6.45, 7) is 20.4. The van der Waals surface area contributed by atoms with E-state index < -0.39 is 5.82 Å². The van der Waals surface area contributed by atoms with Crippen molar-refractivity contribution in [3.8, 4) is 0 Å². The van der Waals surface area contributed by atoms with E-state index in [4.69, 9.17) is 16.0 Å². The third-order valence-corrected chi connectivity index (χ3v) is 5.64. The van der Waals surface area contributed by atoms with Crippen molar-refractivity contribution >= 4 is 28.5 Å². The third kappa shape index (κ3) is 7.71. The van der Waals surface area contributed by atoms with E-state index >= 15 is 0 Å². The molecule has 33 heavy (non-hydrogen) atoms. The van der Waals surface area contributed by atoms with Crippen LogP contribution in [0.5, 0.6) is 0 Å². The summed E-state index contributed by atoms with van der Waals surface area (Å²) < 4.78 is 20.2. The van der Waals surface area contributed by atoms with E-state index in [-0.39, 0.29) is 22.1 Å². The summed E-state index contributed by atoms with van der Waals surface area (Å²) in [5.74, 6) is 0.568. The average Bonchev–Trinajstić information content (AvgIpc) is 3.10. The molecule has 0 aliphatic carbocycles. The minimum absolute atomic E-state index is 0.0160. The van der Waals surface area contributed by atoms with Crippen LogP contribution in [0.2, 0.25) is 5.02 Å². The van der Waals surface area contributed by atoms with E-state index in [1.165, 1.54) is 12.5 Å². The second-order valence-corrected chi connectivity index (χ2v) is 10.3. The van der Waals surface area contributed by atoms with Gasteiger partial charge < -0.3 is 4.42 Å². The number of benzene rings is 1. The van der Waals surface area contributed by atoms with E-state index in [9.17, 15) is 9.18 Å². The second-order valence-electron chi connectivity index (χ2n) is 9.85. The molecule has 0 N–H and O–H groups in total. The highest BCUT2D eigenvalue weighted by Gasteiger charge is 2.27. The van der Waals surface area contributed by atoms with E-state index in [1.807, 2.05) is 52.8 Å². The first kappa shape index (κ1) is 28.9. The Morgan fingerprint density at radius 3 is 2.18 bits per heavy atom. The first-order chi connectivity index (χ1) is 15.3. The summed E-state index contributed by atoms with van der Waals surface area (Å²) in [6, 6.07) is 6.67. The van der Waals surface area contributed by atoms with Gasteiger partial charge in [0.2, 0.25) is 5.78 Å². The van der Waals surface area contributed by atoms with Gasteiger partial charge in [-0.05, 0) is 73.6 Å². The molecule has 0 fully saturated rings. The number of Topliss-reactive ketones (excluding diaryl/α,β-unsaturated/α-hetero) is 1. The van der Waals surface area contributed by atoms with Crippen molar-refractivity contribution in [2.75, 3.05) is 0 Å². The molecule has 1 atom stereocenters. The number of aryl methyl sites for hydroxylation is 1. The molecular weight excluding hydrogens is 435 g/mol. The van der Waals surface area contributed by atoms with Crippen LogP contribution in [-0.4, -0.2) is 5.78 Å². The zero-order valence-corrected chi connectivity index (χ0v) is 22.7. The monoisotopic (exact) mass is 474 g/mol. The van der Waals surface area contributed by atoms with Gasteiger partial charge in [0.25, 0.3) is 0 Å². The van der Waals surface area contributed by atoms with Gasteiger partial charge in [-0.3, -0.25) is 4.79 Å². The molecule has 2 aromatic rings. The Hall–Kier alpha value is -2.13. The number of carbonyl (C=O) groups is 1. The number of hydrogen-bond donors (Lipinski definition) is 0. The SMILES string of the molecule is CCC.CCC(C)C(=O)c1cc(C)c(/C(=C\C(=C(C)C)c2ccc(Cl)c(F)c2)C(C)(C)C)o1. The highest BCUT2D eigenvalue weighted by atomic mass is 35.5. The number of ketones is 1. The van der Waals surface area contributed by atoms with Crippen LogP contribution < -0.4 is 0 Å². The molecular formula is C29H40ClFO2. The molecule has 1 unspecified atom stereocenters. The van der Waals surface area contributed by atoms with Crippen LogP contribution in [0, 0.1) is 24.1 Å². The highest BCUT2D eigenvalue weighted by Crippen LogP contribution is 2.40. The van der Waals surface area contributed by atoms with Gasteiger partial charge in [0, 0.05) is 11.5 Å². The molecule has 0 radical (unpaired) electrons. The van der Waals surface area contributed by atoms with Crippen molar-refractivity contribution in [1.82, 2.24) is 0 Å². The van der Waals surface area contributed by atoms with Crippen molar-refractivity contribution in [2.45, 2.75) is 82.1 Å². The number of furan rings is 1. The number of carbonyl (C=O) groups excluding carboxylic acids is 1. The maximum Gasteiger partial charge on any atom is 0.200 e. The Morgan fingerprint density at radius 2 is 1.73 bits per heavy atom. The summed E-state index contributed by atoms with van der Waals surface area (Å²) in [5, 5.41) is 0.0990. The Balaban J connectivity index is 0.00000172. The first-order valence-corrected chi connectivity index (χ1v) is 12.2. The lowest BCUT2D eigenvalue weighted by atomic mass is 9.81. The lowest BCUT2D eigenvalue weighted by molar-refractivity contribution is 0.0898. The zero-order valence-electron chi connectivity index (χ0n) is 22.0. The molecule has 0 amide bonds. The van der Waals surface area contributed by atoms with Gasteiger partial charge in [-0.2, -0.15) is 0 Å². The van der Waals surface area contributed by atoms with Gasteiger partial charge in [-0.25, -0.2) is 4.39 Å². The molecule has 2 nitrogen and oxygen atoms in total. The first-order valence-electron chi connectivity index (χ1n) is 11.8. The molecule has 4 heteroatoms. The van der Waals surface area contributed by atoms with E-state index in [2.05, 4.69) is 34.6 Å². The van der Waals surface area contributed by atoms with E-state index in [1.54, 1.807) is 6.07 Å². The smallest absolute Gasteiger partial charge is 0.200 e. The lowest BCUT2D eigenvalue weighted by Crippen LogP contribution is -2.10. The Morgan fingerprint density at radius 1 is 1.15 bits per heavy atom. The van der Waals surface area contributed by atoms with Gasteiger partial charge in [0.05, 0.1) is 5.02 Å². The van der Waals surface area contributed by atoms with E-state index in [0.717, 1.165) is 34.3 Å². The minimum Gasteiger partial charge on any atom is -0.453 e. The number of rotatable bonds is 6. The van der Waals surface area contributed by atoms with Crippen molar-refractivity contribution in [3.63, 3.8) is 0 Å². The minimum atomic E-state index is -0.450. The predicted molar refractivity (Wildman–Crippen MR) is 140 cm³/mol. The second kappa shape index (κ2) is 12.4. The molecule has 0 aliphatic rings. The number of hydrogen-bond acceptors (Lipinski definition) is 2. The molecule has 0 aliphatic heterocycles. The fourth-order valence-electron chi connectivity index (χ4n) is 3.25. The van der Waals surface area contributed by atoms with E-state index in [0.29, 0.717) is 11.5 Å². The van der Waals surface area contributed by atoms with Crippen LogP contribution in [-0.2, 0) is 0 Å². The summed E-state index contributed by atoms with van der Waals surface area (Å²) in [4.78, 5) is 12.7. The Labute approximate surface area is 204 Å². The summed E-state index contributed by atoms with van der Waals surface area (Å²) in [6.07, 6.45) is 4.06. The van der Waals surface area contributed by atoms with Crippen molar-refractivity contribution in [1.29, 1.82) is 0 Å². The largest absolute Gasteiger partial charge is 0.453 e. The van der Waals surface area contributed by atoms with Crippen molar-refractivity contribution in [3.05, 3.63) is 69.4 Å². The van der Waals surface area contributed by atoms with Crippen LogP contribution in [0.15, 0.2) is 40.3 Å². The third-order valence-electron chi connectivity index (χ3n) is 5.33. The highest BCUT2D eigenvalue weighted by molar-refractivity contribution is 6.30. The number of halogens is 2. The standard InChI is InChI=1S/C26H32ClFO2.C3H8/c1-9-16(4)24(29)23-12-17(5)25(30-23)20(26(6,7)8)14-19(15(2)3)18-10-11-21(27)22(28)13-18;1-3-2/h10-14,16H,9H2,1-8H3;3H2,1-2H3/b20-14+;. The van der Waals surface area contributed by atoms with Crippen LogP contribution in [0.1, 0.15) is 103 Å². The summed E-state index contributed by atoms with van der Waals surface area (Å²) >= 11 is 5.88. The van der Waals surface area contributed by atoms with Crippen molar-refractivity contribution in [2.24, 2.45) is 11.3 Å². The average molecular weight is 475 g/mol. The van der Waals surface area contributed by atoms with Crippen LogP contribution in [0.3, 0.4) is 0 Å². The van der Waals surface area contributed by atoms with Crippen molar-refractivity contribution < 1.29 is 13.6 Å². The Bertz CT molecular complexity index is 1010. The molecule has 0 saturated carbocycles. The molecule has 0 saturated heterocycles. The quantitative estimate of drug-likeness (QED) is 0.308. The fraction of sp³-hybridized carbons (Fsp3) is 0.483. The topological polar surface area (TPSA) is 30.2 Å². The van der Waals surface area contributed by atoms with Gasteiger partial charge in [-0.1, -0.05) is 78.1 Å². The zero-order chi connectivity index (χ0) is 25.5.